The van der Waals surface area contributed by atoms with E-state index in [1.807, 2.05) is 0 Å². The molecule has 0 radical (unpaired) electrons. The number of carbonyl (C=O) groups excluding carboxylic acids is 1. The van der Waals surface area contributed by atoms with Gasteiger partial charge in [-0.05, 0) is 36.5 Å². The van der Waals surface area contributed by atoms with Crippen molar-refractivity contribution in [3.05, 3.63) is 11.8 Å². The lowest BCUT2D eigenvalue weighted by Crippen LogP contribution is -2.43. The third-order valence-electron chi connectivity index (χ3n) is 3.92. The number of hydrogen-bond donors (Lipinski definition) is 1. The summed E-state index contributed by atoms with van der Waals surface area (Å²) in [4.78, 5) is 11.2. The minimum absolute atomic E-state index is 0.279. The Morgan fingerprint density at radius 2 is 1.71 bits per heavy atom. The van der Waals surface area contributed by atoms with Gasteiger partial charge in [0.05, 0.1) is 0 Å². The molecule has 96 valence electrons. The molecule has 0 unspecified atom stereocenters. The van der Waals surface area contributed by atoms with Gasteiger partial charge in [0, 0.05) is 24.2 Å². The van der Waals surface area contributed by atoms with Crippen LogP contribution in [0.15, 0.2) is 11.8 Å². The molecule has 0 aliphatic heterocycles. The minimum Gasteiger partial charge on any atom is -0.385 e. The second-order valence-corrected chi connectivity index (χ2v) is 7.39. The Hall–Kier alpha value is -0.790. The Labute approximate surface area is 105 Å². The lowest BCUT2D eigenvalue weighted by molar-refractivity contribution is -0.114. The molecule has 0 aromatic carbocycles. The third-order valence-corrected chi connectivity index (χ3v) is 3.92. The van der Waals surface area contributed by atoms with Crippen LogP contribution >= 0.6 is 0 Å². The summed E-state index contributed by atoms with van der Waals surface area (Å²) < 4.78 is 0. The van der Waals surface area contributed by atoms with Crippen molar-refractivity contribution < 1.29 is 4.79 Å². The summed E-state index contributed by atoms with van der Waals surface area (Å²) >= 11 is 0. The molecule has 0 bridgehead atoms. The van der Waals surface area contributed by atoms with Crippen molar-refractivity contribution in [2.75, 3.05) is 0 Å². The molecular formula is C15H25NO. The second-order valence-electron chi connectivity index (χ2n) is 7.39. The molecule has 0 aromatic rings. The number of hydrogen-bond acceptors (Lipinski definition) is 2. The fourth-order valence-corrected chi connectivity index (χ4v) is 3.92. The summed E-state index contributed by atoms with van der Waals surface area (Å²) in [5.41, 5.74) is 1.97. The fraction of sp³-hybridized carbons (Fsp3) is 0.800. The third kappa shape index (κ3) is 3.34. The van der Waals surface area contributed by atoms with E-state index in [0.717, 1.165) is 12.1 Å². The first-order valence-electron chi connectivity index (χ1n) is 6.76. The van der Waals surface area contributed by atoms with Crippen LogP contribution in [0.25, 0.3) is 0 Å². The van der Waals surface area contributed by atoms with Crippen molar-refractivity contribution in [1.82, 2.24) is 5.32 Å². The topological polar surface area (TPSA) is 29.1 Å². The maximum absolute atomic E-state index is 11.2. The number of ketones is 1. The highest BCUT2D eigenvalue weighted by Crippen LogP contribution is 2.45. The Bertz CT molecular complexity index is 336. The van der Waals surface area contributed by atoms with Crippen LogP contribution in [0.4, 0.5) is 0 Å². The number of allylic oxidation sites excluding steroid dienone is 2. The van der Waals surface area contributed by atoms with Gasteiger partial charge in [-0.2, -0.15) is 0 Å². The van der Waals surface area contributed by atoms with Crippen molar-refractivity contribution in [2.24, 2.45) is 10.8 Å². The van der Waals surface area contributed by atoms with Crippen LogP contribution in [0.3, 0.4) is 0 Å². The Morgan fingerprint density at radius 1 is 1.12 bits per heavy atom. The van der Waals surface area contributed by atoms with Gasteiger partial charge in [0.2, 0.25) is 0 Å². The SMILES string of the molecule is CC1(C)CC(NC2=CC(=O)CC2)CC(C)(C)C1. The largest absolute Gasteiger partial charge is 0.385 e. The van der Waals surface area contributed by atoms with Crippen molar-refractivity contribution in [1.29, 1.82) is 0 Å². The molecule has 0 atom stereocenters. The quantitative estimate of drug-likeness (QED) is 0.794. The highest BCUT2D eigenvalue weighted by Gasteiger charge is 2.38. The lowest BCUT2D eigenvalue weighted by atomic mass is 9.63. The summed E-state index contributed by atoms with van der Waals surface area (Å²) in [5.74, 6) is 0.279. The summed E-state index contributed by atoms with van der Waals surface area (Å²) in [7, 11) is 0. The zero-order valence-corrected chi connectivity index (χ0v) is 11.6. The summed E-state index contributed by atoms with van der Waals surface area (Å²) in [5, 5.41) is 3.60. The van der Waals surface area contributed by atoms with E-state index < -0.39 is 0 Å². The first kappa shape index (κ1) is 12.7. The molecule has 0 saturated heterocycles. The van der Waals surface area contributed by atoms with E-state index in [2.05, 4.69) is 33.0 Å². The molecule has 2 rings (SSSR count). The van der Waals surface area contributed by atoms with E-state index >= 15 is 0 Å². The predicted molar refractivity (Wildman–Crippen MR) is 70.7 cm³/mol. The smallest absolute Gasteiger partial charge is 0.157 e. The summed E-state index contributed by atoms with van der Waals surface area (Å²) in [6, 6.07) is 0.533. The first-order chi connectivity index (χ1) is 7.76. The summed E-state index contributed by atoms with van der Waals surface area (Å²) in [6.45, 7) is 9.43. The normalized spacial score (nSPS) is 28.0. The van der Waals surface area contributed by atoms with E-state index in [4.69, 9.17) is 0 Å². The van der Waals surface area contributed by atoms with E-state index in [-0.39, 0.29) is 5.78 Å². The van der Waals surface area contributed by atoms with Gasteiger partial charge in [-0.3, -0.25) is 4.79 Å². The van der Waals surface area contributed by atoms with E-state index in [0.29, 0.717) is 23.3 Å². The molecular weight excluding hydrogens is 210 g/mol. The molecule has 1 saturated carbocycles. The van der Waals surface area contributed by atoms with Crippen molar-refractivity contribution in [2.45, 2.75) is 65.8 Å². The van der Waals surface area contributed by atoms with Crippen LogP contribution in [-0.2, 0) is 4.79 Å². The highest BCUT2D eigenvalue weighted by atomic mass is 16.1. The first-order valence-corrected chi connectivity index (χ1v) is 6.76. The molecule has 2 nitrogen and oxygen atoms in total. The van der Waals surface area contributed by atoms with E-state index in [1.165, 1.54) is 19.3 Å². The van der Waals surface area contributed by atoms with Crippen LogP contribution in [0.2, 0.25) is 0 Å². The Balaban J connectivity index is 2.01. The Morgan fingerprint density at radius 3 is 2.18 bits per heavy atom. The molecule has 2 aliphatic rings. The number of carbonyl (C=O) groups is 1. The highest BCUT2D eigenvalue weighted by molar-refractivity contribution is 5.92. The van der Waals surface area contributed by atoms with Gasteiger partial charge in [-0.25, -0.2) is 0 Å². The van der Waals surface area contributed by atoms with Crippen LogP contribution in [0.1, 0.15) is 59.8 Å². The van der Waals surface area contributed by atoms with Crippen LogP contribution in [0, 0.1) is 10.8 Å². The zero-order chi connectivity index (χ0) is 12.7. The molecule has 2 aliphatic carbocycles. The van der Waals surface area contributed by atoms with Crippen LogP contribution < -0.4 is 5.32 Å². The van der Waals surface area contributed by atoms with Crippen molar-refractivity contribution >= 4 is 5.78 Å². The van der Waals surface area contributed by atoms with Crippen molar-refractivity contribution in [3.63, 3.8) is 0 Å². The maximum Gasteiger partial charge on any atom is 0.157 e. The maximum atomic E-state index is 11.2. The molecule has 0 heterocycles. The van der Waals surface area contributed by atoms with E-state index in [9.17, 15) is 4.79 Å². The molecule has 1 N–H and O–H groups in total. The number of rotatable bonds is 2. The van der Waals surface area contributed by atoms with Gasteiger partial charge < -0.3 is 5.32 Å². The number of nitrogens with one attached hydrogen (secondary N) is 1. The molecule has 2 heteroatoms. The predicted octanol–water partition coefficient (Wildman–Crippen LogP) is 3.43. The zero-order valence-electron chi connectivity index (χ0n) is 11.6. The van der Waals surface area contributed by atoms with Gasteiger partial charge in [0.1, 0.15) is 0 Å². The summed E-state index contributed by atoms with van der Waals surface area (Å²) in [6.07, 6.45) is 7.12. The van der Waals surface area contributed by atoms with E-state index in [1.54, 1.807) is 6.08 Å². The monoisotopic (exact) mass is 235 g/mol. The van der Waals surface area contributed by atoms with Gasteiger partial charge in [-0.1, -0.05) is 27.7 Å². The molecule has 0 spiro atoms. The van der Waals surface area contributed by atoms with Crippen LogP contribution in [-0.4, -0.2) is 11.8 Å². The standard InChI is InChI=1S/C15H25NO/c1-14(2)8-12(9-15(3,4)10-14)16-11-5-6-13(17)7-11/h7,12,16H,5-6,8-10H2,1-4H3. The molecule has 17 heavy (non-hydrogen) atoms. The van der Waals surface area contributed by atoms with Crippen LogP contribution in [0.5, 0.6) is 0 Å². The van der Waals surface area contributed by atoms with Gasteiger partial charge in [0.15, 0.2) is 5.78 Å². The average Bonchev–Trinajstić information content (AvgIpc) is 2.44. The lowest BCUT2D eigenvalue weighted by Gasteiger charge is -2.45. The van der Waals surface area contributed by atoms with Crippen molar-refractivity contribution in [3.8, 4) is 0 Å². The molecule has 1 fully saturated rings. The van der Waals surface area contributed by atoms with Gasteiger partial charge >= 0.3 is 0 Å². The molecule has 0 aromatic heterocycles. The second kappa shape index (κ2) is 4.15. The fourth-order valence-electron chi connectivity index (χ4n) is 3.92. The Kier molecular flexibility index (Phi) is 3.09. The van der Waals surface area contributed by atoms with Gasteiger partial charge in [0.25, 0.3) is 0 Å². The van der Waals surface area contributed by atoms with Gasteiger partial charge in [-0.15, -0.1) is 0 Å². The average molecular weight is 235 g/mol. The minimum atomic E-state index is 0.279. The molecule has 0 amide bonds.